The molecule has 0 unspecified atom stereocenters. The van der Waals surface area contributed by atoms with Gasteiger partial charge in [0.2, 0.25) is 0 Å². The second-order valence-corrected chi connectivity index (χ2v) is 5.32. The molecule has 1 aromatic carbocycles. The summed E-state index contributed by atoms with van der Waals surface area (Å²) < 4.78 is 6.51. The van der Waals surface area contributed by atoms with Crippen molar-refractivity contribution in [3.8, 4) is 5.75 Å². The molecular weight excluding hydrogens is 284 g/mol. The number of carbonyl (C=O) groups is 1. The molecule has 0 spiro atoms. The molecule has 0 amide bonds. The zero-order valence-corrected chi connectivity index (χ0v) is 11.2. The van der Waals surface area contributed by atoms with E-state index in [2.05, 4.69) is 15.9 Å². The average molecular weight is 299 g/mol. The van der Waals surface area contributed by atoms with Gasteiger partial charge in [-0.1, -0.05) is 22.4 Å². The molecule has 1 saturated carbocycles. The summed E-state index contributed by atoms with van der Waals surface area (Å²) in [6.45, 7) is 1.55. The van der Waals surface area contributed by atoms with Crippen molar-refractivity contribution in [2.45, 2.75) is 38.2 Å². The van der Waals surface area contributed by atoms with Gasteiger partial charge in [-0.15, -0.1) is 0 Å². The molecule has 17 heavy (non-hydrogen) atoms. The molecule has 1 aliphatic rings. The van der Waals surface area contributed by atoms with Gasteiger partial charge in [0.15, 0.2) is 6.10 Å². The highest BCUT2D eigenvalue weighted by molar-refractivity contribution is 9.10. The predicted octanol–water partition coefficient (Wildman–Crippen LogP) is 3.57. The van der Waals surface area contributed by atoms with E-state index in [1.165, 1.54) is 6.42 Å². The topological polar surface area (TPSA) is 46.5 Å². The van der Waals surface area contributed by atoms with E-state index in [0.717, 1.165) is 22.9 Å². The van der Waals surface area contributed by atoms with Crippen molar-refractivity contribution in [1.29, 1.82) is 0 Å². The maximum atomic E-state index is 10.8. The van der Waals surface area contributed by atoms with Crippen LogP contribution in [0.5, 0.6) is 5.75 Å². The maximum absolute atomic E-state index is 10.8. The molecule has 2 rings (SSSR count). The van der Waals surface area contributed by atoms with Crippen molar-refractivity contribution in [2.24, 2.45) is 0 Å². The number of rotatable bonds is 4. The van der Waals surface area contributed by atoms with Crippen molar-refractivity contribution >= 4 is 21.9 Å². The SMILES string of the molecule is C[C@H](Oc1ccc(Br)cc1C1CCC1)C(=O)O. The monoisotopic (exact) mass is 298 g/mol. The number of carboxylic acid groups (broad SMARTS) is 1. The van der Waals surface area contributed by atoms with Gasteiger partial charge in [0.25, 0.3) is 0 Å². The number of ether oxygens (including phenoxy) is 1. The summed E-state index contributed by atoms with van der Waals surface area (Å²) in [5.41, 5.74) is 1.12. The largest absolute Gasteiger partial charge is 0.479 e. The second kappa shape index (κ2) is 5.08. The van der Waals surface area contributed by atoms with Gasteiger partial charge in [0, 0.05) is 4.47 Å². The standard InChI is InChI=1S/C13H15BrO3/c1-8(13(15)16)17-12-6-5-10(14)7-11(12)9-3-2-4-9/h5-9H,2-4H2,1H3,(H,15,16)/t8-/m0/s1. The van der Waals surface area contributed by atoms with Crippen LogP contribution in [0.15, 0.2) is 22.7 Å². The van der Waals surface area contributed by atoms with Gasteiger partial charge in [-0.2, -0.15) is 0 Å². The fourth-order valence-corrected chi connectivity index (χ4v) is 2.28. The Morgan fingerprint density at radius 1 is 1.53 bits per heavy atom. The first-order valence-electron chi connectivity index (χ1n) is 5.77. The first-order valence-corrected chi connectivity index (χ1v) is 6.56. The molecular formula is C13H15BrO3. The Hall–Kier alpha value is -1.03. The van der Waals surface area contributed by atoms with Crippen LogP contribution in [0.2, 0.25) is 0 Å². The van der Waals surface area contributed by atoms with Gasteiger partial charge >= 0.3 is 5.97 Å². The molecule has 1 aliphatic carbocycles. The third-order valence-electron chi connectivity index (χ3n) is 3.17. The predicted molar refractivity (Wildman–Crippen MR) is 68.5 cm³/mol. The lowest BCUT2D eigenvalue weighted by molar-refractivity contribution is -0.144. The Bertz CT molecular complexity index is 427. The van der Waals surface area contributed by atoms with Crippen LogP contribution in [0.4, 0.5) is 0 Å². The Morgan fingerprint density at radius 2 is 2.24 bits per heavy atom. The maximum Gasteiger partial charge on any atom is 0.344 e. The first-order chi connectivity index (χ1) is 8.08. The Balaban J connectivity index is 2.22. The van der Waals surface area contributed by atoms with E-state index >= 15 is 0 Å². The van der Waals surface area contributed by atoms with E-state index < -0.39 is 12.1 Å². The molecule has 1 fully saturated rings. The van der Waals surface area contributed by atoms with Crippen LogP contribution in [-0.4, -0.2) is 17.2 Å². The lowest BCUT2D eigenvalue weighted by Gasteiger charge is -2.28. The first kappa shape index (κ1) is 12.4. The van der Waals surface area contributed by atoms with Crippen LogP contribution in [0, 0.1) is 0 Å². The molecule has 1 N–H and O–H groups in total. The fraction of sp³-hybridized carbons (Fsp3) is 0.462. The molecule has 92 valence electrons. The zero-order valence-electron chi connectivity index (χ0n) is 9.65. The highest BCUT2D eigenvalue weighted by Crippen LogP contribution is 2.42. The normalized spacial score (nSPS) is 17.3. The van der Waals surface area contributed by atoms with Crippen LogP contribution >= 0.6 is 15.9 Å². The highest BCUT2D eigenvalue weighted by Gasteiger charge is 2.24. The Labute approximate surface area is 109 Å². The van der Waals surface area contributed by atoms with Gasteiger partial charge in [-0.3, -0.25) is 0 Å². The molecule has 0 radical (unpaired) electrons. The van der Waals surface area contributed by atoms with Crippen LogP contribution in [0.1, 0.15) is 37.7 Å². The highest BCUT2D eigenvalue weighted by atomic mass is 79.9. The van der Waals surface area contributed by atoms with E-state index in [1.807, 2.05) is 18.2 Å². The number of halogens is 1. The van der Waals surface area contributed by atoms with E-state index in [9.17, 15) is 4.79 Å². The number of hydrogen-bond acceptors (Lipinski definition) is 2. The van der Waals surface area contributed by atoms with Gasteiger partial charge < -0.3 is 9.84 Å². The minimum Gasteiger partial charge on any atom is -0.479 e. The lowest BCUT2D eigenvalue weighted by atomic mass is 9.80. The van der Waals surface area contributed by atoms with Gasteiger partial charge in [0.1, 0.15) is 5.75 Å². The van der Waals surface area contributed by atoms with E-state index in [-0.39, 0.29) is 0 Å². The molecule has 0 saturated heterocycles. The van der Waals surface area contributed by atoms with Crippen LogP contribution in [-0.2, 0) is 4.79 Å². The number of carboxylic acids is 1. The van der Waals surface area contributed by atoms with Gasteiger partial charge in [-0.05, 0) is 49.4 Å². The minimum atomic E-state index is -0.938. The average Bonchev–Trinajstić information content (AvgIpc) is 2.19. The van der Waals surface area contributed by atoms with Crippen molar-refractivity contribution < 1.29 is 14.6 Å². The quantitative estimate of drug-likeness (QED) is 0.924. The van der Waals surface area contributed by atoms with Crippen LogP contribution in [0.3, 0.4) is 0 Å². The molecule has 0 aliphatic heterocycles. The van der Waals surface area contributed by atoms with Crippen molar-refractivity contribution in [2.75, 3.05) is 0 Å². The molecule has 0 bridgehead atoms. The summed E-state index contributed by atoms with van der Waals surface area (Å²) in [6.07, 6.45) is 2.75. The molecule has 1 atom stereocenters. The second-order valence-electron chi connectivity index (χ2n) is 4.41. The number of hydrogen-bond donors (Lipinski definition) is 1. The fourth-order valence-electron chi connectivity index (χ4n) is 1.91. The van der Waals surface area contributed by atoms with Crippen LogP contribution in [0.25, 0.3) is 0 Å². The van der Waals surface area contributed by atoms with Gasteiger partial charge in [-0.25, -0.2) is 4.79 Å². The van der Waals surface area contributed by atoms with Crippen LogP contribution < -0.4 is 4.74 Å². The lowest BCUT2D eigenvalue weighted by Crippen LogP contribution is -2.24. The summed E-state index contributed by atoms with van der Waals surface area (Å²) in [4.78, 5) is 10.8. The minimum absolute atomic E-state index is 0.517. The van der Waals surface area contributed by atoms with E-state index in [4.69, 9.17) is 9.84 Å². The molecule has 0 heterocycles. The third kappa shape index (κ3) is 2.80. The van der Waals surface area contributed by atoms with Gasteiger partial charge in [0.05, 0.1) is 0 Å². The van der Waals surface area contributed by atoms with Crippen molar-refractivity contribution in [3.63, 3.8) is 0 Å². The smallest absolute Gasteiger partial charge is 0.344 e. The molecule has 0 aromatic heterocycles. The third-order valence-corrected chi connectivity index (χ3v) is 3.66. The summed E-state index contributed by atoms with van der Waals surface area (Å²) in [5, 5.41) is 8.86. The zero-order chi connectivity index (χ0) is 12.4. The summed E-state index contributed by atoms with van der Waals surface area (Å²) in [6, 6.07) is 5.76. The Kier molecular flexibility index (Phi) is 3.72. The summed E-state index contributed by atoms with van der Waals surface area (Å²) >= 11 is 3.44. The summed E-state index contributed by atoms with van der Waals surface area (Å²) in [7, 11) is 0. The van der Waals surface area contributed by atoms with E-state index in [0.29, 0.717) is 11.7 Å². The molecule has 4 heteroatoms. The molecule has 3 nitrogen and oxygen atoms in total. The van der Waals surface area contributed by atoms with Crippen molar-refractivity contribution in [3.05, 3.63) is 28.2 Å². The van der Waals surface area contributed by atoms with E-state index in [1.54, 1.807) is 6.92 Å². The van der Waals surface area contributed by atoms with Crippen molar-refractivity contribution in [1.82, 2.24) is 0 Å². The summed E-state index contributed by atoms with van der Waals surface area (Å²) in [5.74, 6) is 0.281. The number of aliphatic carboxylic acids is 1. The molecule has 1 aromatic rings. The number of benzene rings is 1. The Morgan fingerprint density at radius 3 is 2.76 bits per heavy atom.